The van der Waals surface area contributed by atoms with Gasteiger partial charge >= 0.3 is 17.8 Å². The van der Waals surface area contributed by atoms with Crippen molar-refractivity contribution in [3.63, 3.8) is 0 Å². The van der Waals surface area contributed by atoms with Crippen LogP contribution in [0.25, 0.3) is 0 Å². The van der Waals surface area contributed by atoms with E-state index >= 15 is 0 Å². The molecule has 4 amide bonds. The van der Waals surface area contributed by atoms with Crippen LogP contribution in [0.1, 0.15) is 30.4 Å². The van der Waals surface area contributed by atoms with E-state index in [4.69, 9.17) is 4.74 Å². The Balaban J connectivity index is 1.84. The van der Waals surface area contributed by atoms with Crippen LogP contribution in [0.5, 0.6) is 0 Å². The summed E-state index contributed by atoms with van der Waals surface area (Å²) in [5.41, 5.74) is 2.28. The fraction of sp³-hybridized carbons (Fsp3) is 0.471. The molecule has 0 bridgehead atoms. The van der Waals surface area contributed by atoms with Crippen molar-refractivity contribution in [2.45, 2.75) is 39.2 Å². The van der Waals surface area contributed by atoms with Crippen molar-refractivity contribution in [1.82, 2.24) is 4.90 Å². The predicted molar refractivity (Wildman–Crippen MR) is 84.1 cm³/mol. The van der Waals surface area contributed by atoms with E-state index < -0.39 is 17.8 Å². The standard InChI is InChI=1S/C17H20N2O4/c1-11-6-7-14(12(2)9-11)19-16(21)15(20)18(17(19)22)10-13-5-3-4-8-23-13/h6-7,9,13H,3-5,8,10H2,1-2H3. The molecule has 2 aliphatic heterocycles. The minimum Gasteiger partial charge on any atom is -0.376 e. The van der Waals surface area contributed by atoms with E-state index in [1.807, 2.05) is 26.0 Å². The van der Waals surface area contributed by atoms with Crippen LogP contribution in [0.15, 0.2) is 18.2 Å². The lowest BCUT2D eigenvalue weighted by molar-refractivity contribution is -0.140. The molecule has 0 radical (unpaired) electrons. The summed E-state index contributed by atoms with van der Waals surface area (Å²) in [5.74, 6) is -1.57. The summed E-state index contributed by atoms with van der Waals surface area (Å²) in [6, 6.07) is 4.82. The van der Waals surface area contributed by atoms with E-state index in [0.29, 0.717) is 12.3 Å². The van der Waals surface area contributed by atoms with Gasteiger partial charge < -0.3 is 4.74 Å². The third-order valence-corrected chi connectivity index (χ3v) is 4.31. The fourth-order valence-corrected chi connectivity index (χ4v) is 3.09. The van der Waals surface area contributed by atoms with Crippen molar-refractivity contribution in [3.8, 4) is 0 Å². The van der Waals surface area contributed by atoms with Gasteiger partial charge in [0, 0.05) is 6.61 Å². The number of hydrogen-bond acceptors (Lipinski definition) is 4. The highest BCUT2D eigenvalue weighted by atomic mass is 16.5. The van der Waals surface area contributed by atoms with Gasteiger partial charge in [0.25, 0.3) is 0 Å². The normalized spacial score (nSPS) is 22.2. The minimum atomic E-state index is -0.794. The Morgan fingerprint density at radius 1 is 1.13 bits per heavy atom. The molecule has 0 aliphatic carbocycles. The smallest absolute Gasteiger partial charge is 0.338 e. The first-order valence-electron chi connectivity index (χ1n) is 7.88. The number of benzene rings is 1. The molecule has 1 unspecified atom stereocenters. The SMILES string of the molecule is Cc1ccc(N2C(=O)C(=O)N(CC3CCCCO3)C2=O)c(C)c1. The molecule has 0 saturated carbocycles. The summed E-state index contributed by atoms with van der Waals surface area (Å²) in [4.78, 5) is 39.1. The maximum atomic E-state index is 12.6. The maximum absolute atomic E-state index is 12.6. The van der Waals surface area contributed by atoms with Gasteiger partial charge in [0.1, 0.15) is 0 Å². The molecule has 0 N–H and O–H groups in total. The van der Waals surface area contributed by atoms with Gasteiger partial charge in [-0.25, -0.2) is 9.69 Å². The summed E-state index contributed by atoms with van der Waals surface area (Å²) in [6.45, 7) is 4.53. The monoisotopic (exact) mass is 316 g/mol. The first-order valence-corrected chi connectivity index (χ1v) is 7.88. The van der Waals surface area contributed by atoms with Crippen LogP contribution in [-0.4, -0.2) is 42.0 Å². The Morgan fingerprint density at radius 3 is 2.57 bits per heavy atom. The zero-order valence-corrected chi connectivity index (χ0v) is 13.4. The van der Waals surface area contributed by atoms with Gasteiger partial charge in [-0.05, 0) is 44.7 Å². The van der Waals surface area contributed by atoms with Gasteiger partial charge in [-0.1, -0.05) is 17.7 Å². The second kappa shape index (κ2) is 6.12. The fourth-order valence-electron chi connectivity index (χ4n) is 3.09. The number of ether oxygens (including phenoxy) is 1. The number of anilines is 1. The van der Waals surface area contributed by atoms with Gasteiger partial charge in [0.15, 0.2) is 0 Å². The van der Waals surface area contributed by atoms with Gasteiger partial charge in [-0.3, -0.25) is 14.5 Å². The number of amides is 4. The van der Waals surface area contributed by atoms with Crippen LogP contribution in [0, 0.1) is 13.8 Å². The number of imide groups is 2. The topological polar surface area (TPSA) is 66.9 Å². The molecule has 122 valence electrons. The van der Waals surface area contributed by atoms with E-state index in [0.717, 1.165) is 40.2 Å². The van der Waals surface area contributed by atoms with E-state index in [-0.39, 0.29) is 12.6 Å². The number of aryl methyl sites for hydroxylation is 2. The average molecular weight is 316 g/mol. The second-order valence-corrected chi connectivity index (χ2v) is 6.12. The molecule has 1 aromatic carbocycles. The summed E-state index contributed by atoms with van der Waals surface area (Å²) in [5, 5.41) is 0. The zero-order chi connectivity index (χ0) is 16.6. The Morgan fingerprint density at radius 2 is 1.91 bits per heavy atom. The molecule has 0 aromatic heterocycles. The predicted octanol–water partition coefficient (Wildman–Crippen LogP) is 2.17. The summed E-state index contributed by atoms with van der Waals surface area (Å²) < 4.78 is 5.58. The van der Waals surface area contributed by atoms with Crippen molar-refractivity contribution < 1.29 is 19.1 Å². The van der Waals surface area contributed by atoms with Gasteiger partial charge in [0.2, 0.25) is 0 Å². The van der Waals surface area contributed by atoms with Gasteiger partial charge in [-0.15, -0.1) is 0 Å². The first-order chi connectivity index (χ1) is 11.0. The summed E-state index contributed by atoms with van der Waals surface area (Å²) in [7, 11) is 0. The largest absolute Gasteiger partial charge is 0.376 e. The maximum Gasteiger partial charge on any atom is 0.338 e. The van der Waals surface area contributed by atoms with Crippen molar-refractivity contribution in [2.24, 2.45) is 0 Å². The van der Waals surface area contributed by atoms with Crippen LogP contribution < -0.4 is 4.90 Å². The van der Waals surface area contributed by atoms with Crippen LogP contribution in [0.4, 0.5) is 10.5 Å². The van der Waals surface area contributed by atoms with Gasteiger partial charge in [-0.2, -0.15) is 0 Å². The lowest BCUT2D eigenvalue weighted by atomic mass is 10.1. The Kier molecular flexibility index (Phi) is 4.17. The first kappa shape index (κ1) is 15.7. The highest BCUT2D eigenvalue weighted by molar-refractivity contribution is 6.52. The quantitative estimate of drug-likeness (QED) is 0.633. The molecule has 1 aromatic rings. The molecule has 6 heteroatoms. The lowest BCUT2D eigenvalue weighted by Gasteiger charge is -2.26. The Hall–Kier alpha value is -2.21. The molecule has 2 saturated heterocycles. The molecule has 3 rings (SSSR count). The average Bonchev–Trinajstić information content (AvgIpc) is 2.73. The Bertz CT molecular complexity index is 665. The number of hydrogen-bond donors (Lipinski definition) is 0. The van der Waals surface area contributed by atoms with E-state index in [1.165, 1.54) is 0 Å². The third-order valence-electron chi connectivity index (χ3n) is 4.31. The molecule has 0 spiro atoms. The molecule has 2 aliphatic rings. The number of urea groups is 1. The lowest BCUT2D eigenvalue weighted by Crippen LogP contribution is -2.40. The van der Waals surface area contributed by atoms with Crippen molar-refractivity contribution in [3.05, 3.63) is 29.3 Å². The molecule has 2 fully saturated rings. The van der Waals surface area contributed by atoms with Gasteiger partial charge in [0.05, 0.1) is 18.3 Å². The van der Waals surface area contributed by atoms with Crippen LogP contribution in [0.2, 0.25) is 0 Å². The van der Waals surface area contributed by atoms with Crippen LogP contribution in [0.3, 0.4) is 0 Å². The second-order valence-electron chi connectivity index (χ2n) is 6.12. The highest BCUT2D eigenvalue weighted by Crippen LogP contribution is 2.27. The molecule has 2 heterocycles. The van der Waals surface area contributed by atoms with E-state index in [2.05, 4.69) is 0 Å². The highest BCUT2D eigenvalue weighted by Gasteiger charge is 2.46. The molecular weight excluding hydrogens is 296 g/mol. The number of nitrogens with zero attached hydrogens (tertiary/aromatic N) is 2. The molecule has 23 heavy (non-hydrogen) atoms. The van der Waals surface area contributed by atoms with Crippen LogP contribution >= 0.6 is 0 Å². The zero-order valence-electron chi connectivity index (χ0n) is 13.4. The Labute approximate surface area is 135 Å². The minimum absolute atomic E-state index is 0.144. The summed E-state index contributed by atoms with van der Waals surface area (Å²) in [6.07, 6.45) is 2.62. The van der Waals surface area contributed by atoms with Crippen molar-refractivity contribution in [1.29, 1.82) is 0 Å². The number of rotatable bonds is 3. The molecule has 1 atom stereocenters. The van der Waals surface area contributed by atoms with E-state index in [1.54, 1.807) is 6.07 Å². The molecule has 6 nitrogen and oxygen atoms in total. The number of carbonyl (C=O) groups excluding carboxylic acids is 3. The third kappa shape index (κ3) is 2.86. The van der Waals surface area contributed by atoms with Crippen molar-refractivity contribution in [2.75, 3.05) is 18.1 Å². The summed E-state index contributed by atoms with van der Waals surface area (Å²) >= 11 is 0. The van der Waals surface area contributed by atoms with E-state index in [9.17, 15) is 14.4 Å². The number of carbonyl (C=O) groups is 3. The molecular formula is C17H20N2O4. The van der Waals surface area contributed by atoms with Crippen molar-refractivity contribution >= 4 is 23.5 Å². The van der Waals surface area contributed by atoms with Crippen LogP contribution in [-0.2, 0) is 14.3 Å².